The SMILES string of the molecule is O=C(NOC1CCCCO1)c1cncnc1. The average molecular weight is 223 g/mol. The summed E-state index contributed by atoms with van der Waals surface area (Å²) in [6, 6.07) is 0. The molecule has 2 rings (SSSR count). The second-order valence-corrected chi connectivity index (χ2v) is 3.47. The highest BCUT2D eigenvalue weighted by Crippen LogP contribution is 2.12. The normalized spacial score (nSPS) is 20.4. The van der Waals surface area contributed by atoms with Crippen molar-refractivity contribution in [2.75, 3.05) is 6.61 Å². The van der Waals surface area contributed by atoms with Gasteiger partial charge in [0.1, 0.15) is 6.33 Å². The minimum Gasteiger partial charge on any atom is -0.350 e. The molecule has 1 N–H and O–H groups in total. The van der Waals surface area contributed by atoms with Gasteiger partial charge in [0.2, 0.25) is 0 Å². The maximum Gasteiger partial charge on any atom is 0.278 e. The van der Waals surface area contributed by atoms with E-state index in [4.69, 9.17) is 9.57 Å². The first kappa shape index (κ1) is 11.0. The van der Waals surface area contributed by atoms with Crippen molar-refractivity contribution in [3.63, 3.8) is 0 Å². The highest BCUT2D eigenvalue weighted by Gasteiger charge is 2.16. The lowest BCUT2D eigenvalue weighted by Gasteiger charge is -2.21. The van der Waals surface area contributed by atoms with E-state index in [2.05, 4.69) is 15.4 Å². The lowest BCUT2D eigenvalue weighted by Crippen LogP contribution is -2.33. The van der Waals surface area contributed by atoms with Crippen molar-refractivity contribution in [2.24, 2.45) is 0 Å². The van der Waals surface area contributed by atoms with E-state index in [1.807, 2.05) is 0 Å². The zero-order chi connectivity index (χ0) is 11.2. The molecular formula is C10H13N3O3. The van der Waals surface area contributed by atoms with E-state index in [-0.39, 0.29) is 12.2 Å². The summed E-state index contributed by atoms with van der Waals surface area (Å²) in [6.45, 7) is 0.676. The van der Waals surface area contributed by atoms with Crippen molar-refractivity contribution in [1.82, 2.24) is 15.4 Å². The molecule has 6 heteroatoms. The van der Waals surface area contributed by atoms with Crippen LogP contribution in [-0.2, 0) is 9.57 Å². The molecule has 1 unspecified atom stereocenters. The molecule has 1 aliphatic heterocycles. The molecule has 1 amide bonds. The van der Waals surface area contributed by atoms with Crippen molar-refractivity contribution in [1.29, 1.82) is 0 Å². The Morgan fingerprint density at radius 3 is 2.94 bits per heavy atom. The molecule has 16 heavy (non-hydrogen) atoms. The Balaban J connectivity index is 1.79. The Hall–Kier alpha value is -1.53. The third kappa shape index (κ3) is 2.98. The molecule has 6 nitrogen and oxygen atoms in total. The number of amides is 1. The van der Waals surface area contributed by atoms with E-state index < -0.39 is 0 Å². The van der Waals surface area contributed by atoms with Crippen LogP contribution in [0.3, 0.4) is 0 Å². The lowest BCUT2D eigenvalue weighted by molar-refractivity contribution is -0.186. The van der Waals surface area contributed by atoms with Crippen LogP contribution >= 0.6 is 0 Å². The Morgan fingerprint density at radius 1 is 1.44 bits per heavy atom. The van der Waals surface area contributed by atoms with Gasteiger partial charge in [-0.3, -0.25) is 4.79 Å². The molecule has 1 saturated heterocycles. The van der Waals surface area contributed by atoms with Crippen molar-refractivity contribution in [2.45, 2.75) is 25.6 Å². The largest absolute Gasteiger partial charge is 0.350 e. The molecule has 0 aromatic carbocycles. The van der Waals surface area contributed by atoms with Gasteiger partial charge in [0, 0.05) is 25.4 Å². The fourth-order valence-corrected chi connectivity index (χ4v) is 1.40. The van der Waals surface area contributed by atoms with Crippen molar-refractivity contribution in [3.05, 3.63) is 24.3 Å². The quantitative estimate of drug-likeness (QED) is 0.762. The molecule has 1 aliphatic rings. The smallest absolute Gasteiger partial charge is 0.278 e. The van der Waals surface area contributed by atoms with E-state index in [1.54, 1.807) is 0 Å². The van der Waals surface area contributed by atoms with Gasteiger partial charge in [-0.05, 0) is 12.8 Å². The van der Waals surface area contributed by atoms with Crippen molar-refractivity contribution in [3.8, 4) is 0 Å². The summed E-state index contributed by atoms with van der Waals surface area (Å²) in [4.78, 5) is 24.1. The first-order valence-corrected chi connectivity index (χ1v) is 5.19. The number of aromatic nitrogens is 2. The number of carbonyl (C=O) groups is 1. The fourth-order valence-electron chi connectivity index (χ4n) is 1.40. The van der Waals surface area contributed by atoms with Gasteiger partial charge in [0.15, 0.2) is 6.29 Å². The van der Waals surface area contributed by atoms with Crippen LogP contribution in [0.15, 0.2) is 18.7 Å². The van der Waals surface area contributed by atoms with Gasteiger partial charge in [-0.15, -0.1) is 0 Å². The maximum absolute atomic E-state index is 11.5. The minimum absolute atomic E-state index is 0.345. The number of nitrogens with zero attached hydrogens (tertiary/aromatic N) is 2. The molecule has 1 atom stereocenters. The number of hydroxylamine groups is 1. The summed E-state index contributed by atoms with van der Waals surface area (Å²) in [5.41, 5.74) is 2.68. The number of hydrogen-bond donors (Lipinski definition) is 1. The van der Waals surface area contributed by atoms with Crippen LogP contribution < -0.4 is 5.48 Å². The van der Waals surface area contributed by atoms with Crippen LogP contribution in [0.4, 0.5) is 0 Å². The third-order valence-electron chi connectivity index (χ3n) is 2.24. The van der Waals surface area contributed by atoms with Gasteiger partial charge in [-0.1, -0.05) is 0 Å². The summed E-state index contributed by atoms with van der Waals surface area (Å²) in [5, 5.41) is 0. The van der Waals surface area contributed by atoms with Crippen LogP contribution in [0.2, 0.25) is 0 Å². The summed E-state index contributed by atoms with van der Waals surface area (Å²) in [7, 11) is 0. The topological polar surface area (TPSA) is 73.3 Å². The monoisotopic (exact) mass is 223 g/mol. The molecule has 1 aromatic rings. The first-order valence-electron chi connectivity index (χ1n) is 5.19. The molecule has 0 radical (unpaired) electrons. The standard InChI is InChI=1S/C10H13N3O3/c14-10(8-5-11-7-12-6-8)13-16-9-3-1-2-4-15-9/h5-7,9H,1-4H2,(H,13,14). The number of nitrogens with one attached hydrogen (secondary N) is 1. The Labute approximate surface area is 92.9 Å². The van der Waals surface area contributed by atoms with E-state index in [0.717, 1.165) is 19.3 Å². The highest BCUT2D eigenvalue weighted by atomic mass is 16.8. The van der Waals surface area contributed by atoms with E-state index in [1.165, 1.54) is 18.7 Å². The average Bonchev–Trinajstić information content (AvgIpc) is 2.38. The predicted molar refractivity (Wildman–Crippen MR) is 54.2 cm³/mol. The predicted octanol–water partition coefficient (Wildman–Crippen LogP) is 0.665. The number of hydrogen-bond acceptors (Lipinski definition) is 5. The van der Waals surface area contributed by atoms with Gasteiger partial charge in [0.05, 0.1) is 5.56 Å². The van der Waals surface area contributed by atoms with Gasteiger partial charge in [0.25, 0.3) is 5.91 Å². The van der Waals surface area contributed by atoms with Gasteiger partial charge < -0.3 is 4.74 Å². The summed E-state index contributed by atoms with van der Waals surface area (Å²) >= 11 is 0. The highest BCUT2D eigenvalue weighted by molar-refractivity contribution is 5.92. The molecule has 86 valence electrons. The second-order valence-electron chi connectivity index (χ2n) is 3.47. The van der Waals surface area contributed by atoms with Gasteiger partial charge >= 0.3 is 0 Å². The zero-order valence-corrected chi connectivity index (χ0v) is 8.76. The molecule has 0 saturated carbocycles. The van der Waals surface area contributed by atoms with Crippen LogP contribution in [-0.4, -0.2) is 28.8 Å². The molecule has 2 heterocycles. The van der Waals surface area contributed by atoms with Crippen LogP contribution in [0, 0.1) is 0 Å². The van der Waals surface area contributed by atoms with E-state index in [0.29, 0.717) is 12.2 Å². The van der Waals surface area contributed by atoms with Gasteiger partial charge in [-0.2, -0.15) is 0 Å². The summed E-state index contributed by atoms with van der Waals surface area (Å²) < 4.78 is 5.30. The molecular weight excluding hydrogens is 210 g/mol. The zero-order valence-electron chi connectivity index (χ0n) is 8.76. The van der Waals surface area contributed by atoms with Crippen LogP contribution in [0.1, 0.15) is 29.6 Å². The summed E-state index contributed by atoms with van der Waals surface area (Å²) in [6.07, 6.45) is 6.76. The number of rotatable bonds is 3. The molecule has 0 aliphatic carbocycles. The minimum atomic E-state index is -0.366. The fraction of sp³-hybridized carbons (Fsp3) is 0.500. The Bertz CT molecular complexity index is 338. The van der Waals surface area contributed by atoms with Crippen molar-refractivity contribution >= 4 is 5.91 Å². The van der Waals surface area contributed by atoms with Crippen LogP contribution in [0.25, 0.3) is 0 Å². The maximum atomic E-state index is 11.5. The van der Waals surface area contributed by atoms with Gasteiger partial charge in [-0.25, -0.2) is 20.3 Å². The molecule has 0 bridgehead atoms. The van der Waals surface area contributed by atoms with Crippen molar-refractivity contribution < 1.29 is 14.4 Å². The number of ether oxygens (including phenoxy) is 1. The second kappa shape index (κ2) is 5.53. The molecule has 0 spiro atoms. The number of carbonyl (C=O) groups excluding carboxylic acids is 1. The van der Waals surface area contributed by atoms with Crippen LogP contribution in [0.5, 0.6) is 0 Å². The van der Waals surface area contributed by atoms with E-state index in [9.17, 15) is 4.79 Å². The third-order valence-corrected chi connectivity index (χ3v) is 2.24. The lowest BCUT2D eigenvalue weighted by atomic mass is 10.2. The summed E-state index contributed by atoms with van der Waals surface area (Å²) in [5.74, 6) is -0.366. The van der Waals surface area contributed by atoms with E-state index >= 15 is 0 Å². The molecule has 1 aromatic heterocycles. The Kier molecular flexibility index (Phi) is 3.79. The Morgan fingerprint density at radius 2 is 2.25 bits per heavy atom. The first-order chi connectivity index (χ1) is 7.86. The molecule has 1 fully saturated rings.